The van der Waals surface area contributed by atoms with Crippen LogP contribution >= 0.6 is 0 Å². The minimum absolute atomic E-state index is 0.126. The van der Waals surface area contributed by atoms with E-state index in [0.717, 1.165) is 44.8 Å². The number of pyridine rings is 1. The molecule has 1 fully saturated rings. The van der Waals surface area contributed by atoms with E-state index in [2.05, 4.69) is 28.6 Å². The fraction of sp³-hybridized carbons (Fsp3) is 0.600. The van der Waals surface area contributed by atoms with Gasteiger partial charge in [0.05, 0.1) is 0 Å². The molecule has 20 heavy (non-hydrogen) atoms. The Hall–Kier alpha value is -1.46. The zero-order chi connectivity index (χ0) is 14.5. The molecule has 1 saturated heterocycles. The van der Waals surface area contributed by atoms with Gasteiger partial charge in [-0.3, -0.25) is 4.90 Å². The Morgan fingerprint density at radius 2 is 1.95 bits per heavy atom. The lowest BCUT2D eigenvalue weighted by molar-refractivity contribution is 0.0690. The van der Waals surface area contributed by atoms with Crippen molar-refractivity contribution in [2.24, 2.45) is 5.92 Å². The zero-order valence-electron chi connectivity index (χ0n) is 12.2. The lowest BCUT2D eigenvalue weighted by atomic mass is 10.1. The molecule has 110 valence electrons. The standard InChI is InChI=1S/C15H23N3O2/c1-12(2)10-17-5-7-18(8-6-17)11-13-3-4-16-14(9-13)15(19)20/h3-4,9,12H,5-8,10-11H2,1-2H3,(H,19,20). The molecule has 1 aromatic heterocycles. The summed E-state index contributed by atoms with van der Waals surface area (Å²) in [5.74, 6) is -0.256. The maximum Gasteiger partial charge on any atom is 0.354 e. The second-order valence-corrected chi connectivity index (χ2v) is 5.83. The first kappa shape index (κ1) is 14.9. The van der Waals surface area contributed by atoms with Gasteiger partial charge in [-0.1, -0.05) is 13.8 Å². The molecule has 0 spiro atoms. The number of carboxylic acids is 1. The first-order valence-electron chi connectivity index (χ1n) is 7.17. The smallest absolute Gasteiger partial charge is 0.354 e. The van der Waals surface area contributed by atoms with Gasteiger partial charge in [0.25, 0.3) is 0 Å². The molecule has 1 aromatic rings. The molecule has 0 bridgehead atoms. The summed E-state index contributed by atoms with van der Waals surface area (Å²) in [5.41, 5.74) is 1.15. The third-order valence-corrected chi connectivity index (χ3v) is 3.54. The van der Waals surface area contributed by atoms with E-state index in [4.69, 9.17) is 5.11 Å². The van der Waals surface area contributed by atoms with Crippen LogP contribution in [0.4, 0.5) is 0 Å². The third-order valence-electron chi connectivity index (χ3n) is 3.54. The molecular weight excluding hydrogens is 254 g/mol. The Labute approximate surface area is 120 Å². The van der Waals surface area contributed by atoms with Crippen LogP contribution in [-0.4, -0.2) is 58.6 Å². The van der Waals surface area contributed by atoms with Gasteiger partial charge in [-0.05, 0) is 23.6 Å². The summed E-state index contributed by atoms with van der Waals surface area (Å²) in [5, 5.41) is 8.95. The van der Waals surface area contributed by atoms with Crippen LogP contribution in [0.5, 0.6) is 0 Å². The van der Waals surface area contributed by atoms with Gasteiger partial charge in [0.15, 0.2) is 0 Å². The maximum absolute atomic E-state index is 10.9. The zero-order valence-corrected chi connectivity index (χ0v) is 12.2. The maximum atomic E-state index is 10.9. The third kappa shape index (κ3) is 4.28. The number of carboxylic acid groups (broad SMARTS) is 1. The van der Waals surface area contributed by atoms with Crippen molar-refractivity contribution < 1.29 is 9.90 Å². The average Bonchev–Trinajstić information content (AvgIpc) is 2.41. The van der Waals surface area contributed by atoms with Crippen LogP contribution in [0.3, 0.4) is 0 Å². The molecule has 2 heterocycles. The number of rotatable bonds is 5. The molecule has 1 aliphatic rings. The molecule has 1 N–H and O–H groups in total. The summed E-state index contributed by atoms with van der Waals surface area (Å²) in [6.45, 7) is 10.7. The number of carbonyl (C=O) groups is 1. The molecule has 0 unspecified atom stereocenters. The van der Waals surface area contributed by atoms with Gasteiger partial charge in [0.1, 0.15) is 5.69 Å². The van der Waals surface area contributed by atoms with E-state index in [1.165, 1.54) is 0 Å². The van der Waals surface area contributed by atoms with Crippen LogP contribution in [0.2, 0.25) is 0 Å². The number of piperazine rings is 1. The van der Waals surface area contributed by atoms with E-state index < -0.39 is 5.97 Å². The summed E-state index contributed by atoms with van der Waals surface area (Å²) in [6, 6.07) is 3.57. The highest BCUT2D eigenvalue weighted by molar-refractivity contribution is 5.85. The van der Waals surface area contributed by atoms with Crippen molar-refractivity contribution in [3.8, 4) is 0 Å². The van der Waals surface area contributed by atoms with Crippen LogP contribution in [0.25, 0.3) is 0 Å². The van der Waals surface area contributed by atoms with Gasteiger partial charge in [0, 0.05) is 45.5 Å². The molecule has 0 radical (unpaired) electrons. The van der Waals surface area contributed by atoms with E-state index in [1.54, 1.807) is 12.3 Å². The van der Waals surface area contributed by atoms with Crippen molar-refractivity contribution in [3.05, 3.63) is 29.6 Å². The Bertz CT molecular complexity index is 454. The summed E-state index contributed by atoms with van der Waals surface area (Å²) in [7, 11) is 0. The number of nitrogens with zero attached hydrogens (tertiary/aromatic N) is 3. The van der Waals surface area contributed by atoms with Crippen LogP contribution in [0.1, 0.15) is 29.9 Å². The Balaban J connectivity index is 1.86. The molecule has 1 aliphatic heterocycles. The molecule has 2 rings (SSSR count). The van der Waals surface area contributed by atoms with Crippen LogP contribution in [0.15, 0.2) is 18.3 Å². The van der Waals surface area contributed by atoms with Crippen molar-refractivity contribution in [3.63, 3.8) is 0 Å². The second kappa shape index (κ2) is 6.81. The Morgan fingerprint density at radius 1 is 1.30 bits per heavy atom. The van der Waals surface area contributed by atoms with Gasteiger partial charge in [0.2, 0.25) is 0 Å². The fourth-order valence-electron chi connectivity index (χ4n) is 2.59. The van der Waals surface area contributed by atoms with Gasteiger partial charge >= 0.3 is 5.97 Å². The molecule has 0 aliphatic carbocycles. The van der Waals surface area contributed by atoms with Crippen LogP contribution in [0, 0.1) is 5.92 Å². The van der Waals surface area contributed by atoms with Crippen LogP contribution < -0.4 is 0 Å². The van der Waals surface area contributed by atoms with Crippen molar-refractivity contribution in [2.75, 3.05) is 32.7 Å². The number of hydrogen-bond acceptors (Lipinski definition) is 4. The minimum Gasteiger partial charge on any atom is -0.477 e. The summed E-state index contributed by atoms with van der Waals surface area (Å²) < 4.78 is 0. The summed E-state index contributed by atoms with van der Waals surface area (Å²) in [4.78, 5) is 19.6. The largest absolute Gasteiger partial charge is 0.477 e. The van der Waals surface area contributed by atoms with Crippen molar-refractivity contribution in [1.29, 1.82) is 0 Å². The van der Waals surface area contributed by atoms with Crippen molar-refractivity contribution in [2.45, 2.75) is 20.4 Å². The monoisotopic (exact) mass is 277 g/mol. The van der Waals surface area contributed by atoms with E-state index in [-0.39, 0.29) is 5.69 Å². The minimum atomic E-state index is -0.964. The molecule has 0 saturated carbocycles. The van der Waals surface area contributed by atoms with Crippen LogP contribution in [-0.2, 0) is 6.54 Å². The molecule has 5 heteroatoms. The lowest BCUT2D eigenvalue weighted by Crippen LogP contribution is -2.46. The molecule has 0 aromatic carbocycles. The SMILES string of the molecule is CC(C)CN1CCN(Cc2ccnc(C(=O)O)c2)CC1. The molecular formula is C15H23N3O2. The fourth-order valence-corrected chi connectivity index (χ4v) is 2.59. The van der Waals surface area contributed by atoms with E-state index in [9.17, 15) is 4.79 Å². The second-order valence-electron chi connectivity index (χ2n) is 5.83. The highest BCUT2D eigenvalue weighted by Gasteiger charge is 2.17. The predicted molar refractivity (Wildman–Crippen MR) is 77.8 cm³/mol. The first-order valence-corrected chi connectivity index (χ1v) is 7.17. The highest BCUT2D eigenvalue weighted by atomic mass is 16.4. The molecule has 0 amide bonds. The Kier molecular flexibility index (Phi) is 5.09. The average molecular weight is 277 g/mol. The van der Waals surface area contributed by atoms with Crippen molar-refractivity contribution >= 4 is 5.97 Å². The van der Waals surface area contributed by atoms with E-state index >= 15 is 0 Å². The van der Waals surface area contributed by atoms with Gasteiger partial charge < -0.3 is 10.0 Å². The quantitative estimate of drug-likeness (QED) is 0.885. The normalized spacial score (nSPS) is 17.6. The highest BCUT2D eigenvalue weighted by Crippen LogP contribution is 2.10. The van der Waals surface area contributed by atoms with Crippen molar-refractivity contribution in [1.82, 2.24) is 14.8 Å². The number of hydrogen-bond donors (Lipinski definition) is 1. The first-order chi connectivity index (χ1) is 9.54. The summed E-state index contributed by atoms with van der Waals surface area (Å²) >= 11 is 0. The van der Waals surface area contributed by atoms with Gasteiger partial charge in [-0.15, -0.1) is 0 Å². The van der Waals surface area contributed by atoms with E-state index in [1.807, 2.05) is 6.07 Å². The molecule has 5 nitrogen and oxygen atoms in total. The lowest BCUT2D eigenvalue weighted by Gasteiger charge is -2.35. The molecule has 0 atom stereocenters. The number of aromatic nitrogens is 1. The number of aromatic carboxylic acids is 1. The Morgan fingerprint density at radius 3 is 2.55 bits per heavy atom. The van der Waals surface area contributed by atoms with E-state index in [0.29, 0.717) is 5.92 Å². The van der Waals surface area contributed by atoms with Gasteiger partial charge in [-0.2, -0.15) is 0 Å². The topological polar surface area (TPSA) is 56.7 Å². The van der Waals surface area contributed by atoms with Gasteiger partial charge in [-0.25, -0.2) is 9.78 Å². The summed E-state index contributed by atoms with van der Waals surface area (Å²) in [6.07, 6.45) is 1.58. The predicted octanol–water partition coefficient (Wildman–Crippen LogP) is 1.55.